The molecule has 0 N–H and O–H groups in total. The van der Waals surface area contributed by atoms with Gasteiger partial charge < -0.3 is 4.74 Å². The van der Waals surface area contributed by atoms with Crippen LogP contribution >= 0.6 is 11.6 Å². The topological polar surface area (TPSA) is 52.8 Å². The summed E-state index contributed by atoms with van der Waals surface area (Å²) >= 11 is 6.02. The minimum atomic E-state index is 0.605. The maximum absolute atomic E-state index is 6.02. The van der Waals surface area contributed by atoms with Crippen LogP contribution in [-0.4, -0.2) is 26.9 Å². The highest BCUT2D eigenvalue weighted by molar-refractivity contribution is 6.31. The lowest BCUT2D eigenvalue weighted by atomic mass is 10.2. The van der Waals surface area contributed by atoms with E-state index in [0.717, 1.165) is 27.8 Å². The van der Waals surface area contributed by atoms with Crippen LogP contribution in [0.1, 0.15) is 5.56 Å². The molecule has 0 bridgehead atoms. The summed E-state index contributed by atoms with van der Waals surface area (Å²) in [4.78, 5) is 8.93. The third kappa shape index (κ3) is 3.19. The molecule has 0 aliphatic heterocycles. The normalized spacial score (nSPS) is 11.0. The summed E-state index contributed by atoms with van der Waals surface area (Å²) in [6.45, 7) is 0.605. The van der Waals surface area contributed by atoms with E-state index in [-0.39, 0.29) is 0 Å². The van der Waals surface area contributed by atoms with Gasteiger partial charge in [-0.25, -0.2) is 9.97 Å². The van der Waals surface area contributed by atoms with Crippen molar-refractivity contribution in [2.24, 2.45) is 0 Å². The first-order valence-corrected chi connectivity index (χ1v) is 8.17. The Morgan fingerprint density at radius 3 is 2.48 bits per heavy atom. The molecule has 0 radical (unpaired) electrons. The number of methoxy groups -OCH3 is 1. The summed E-state index contributed by atoms with van der Waals surface area (Å²) in [7, 11) is 1.65. The Morgan fingerprint density at radius 1 is 1.00 bits per heavy atom. The van der Waals surface area contributed by atoms with Crippen molar-refractivity contribution in [1.29, 1.82) is 0 Å². The second-order valence-corrected chi connectivity index (χ2v) is 6.09. The smallest absolute Gasteiger partial charge is 0.159 e. The fraction of sp³-hybridized carbons (Fsp3) is 0.105. The molecule has 5 nitrogen and oxygen atoms in total. The van der Waals surface area contributed by atoms with Gasteiger partial charge in [0.05, 0.1) is 25.4 Å². The molecule has 0 fully saturated rings. The summed E-state index contributed by atoms with van der Waals surface area (Å²) in [5, 5.41) is 6.14. The van der Waals surface area contributed by atoms with Gasteiger partial charge in [0.1, 0.15) is 5.75 Å². The van der Waals surface area contributed by atoms with Crippen LogP contribution in [0.15, 0.2) is 61.1 Å². The maximum atomic E-state index is 6.02. The van der Waals surface area contributed by atoms with Crippen LogP contribution < -0.4 is 4.74 Å². The summed E-state index contributed by atoms with van der Waals surface area (Å²) in [5.74, 6) is 1.49. The van der Waals surface area contributed by atoms with E-state index in [1.54, 1.807) is 7.11 Å². The number of benzene rings is 2. The van der Waals surface area contributed by atoms with Crippen molar-refractivity contribution >= 4 is 22.5 Å². The van der Waals surface area contributed by atoms with Crippen LogP contribution in [0, 0.1) is 0 Å². The lowest BCUT2D eigenvalue weighted by Crippen LogP contribution is -2.03. The van der Waals surface area contributed by atoms with Crippen molar-refractivity contribution in [3.63, 3.8) is 0 Å². The number of hydrogen-bond donors (Lipinski definition) is 0. The summed E-state index contributed by atoms with van der Waals surface area (Å²) in [5.41, 5.74) is 2.97. The number of nitrogens with zero attached hydrogens (tertiary/aromatic N) is 4. The number of ether oxygens (including phenoxy) is 1. The molecule has 0 saturated carbocycles. The Bertz CT molecular complexity index is 1010. The molecule has 0 aliphatic carbocycles. The van der Waals surface area contributed by atoms with Crippen LogP contribution in [-0.2, 0) is 6.54 Å². The third-order valence-corrected chi connectivity index (χ3v) is 4.22. The predicted molar refractivity (Wildman–Crippen MR) is 97.9 cm³/mol. The van der Waals surface area contributed by atoms with E-state index in [4.69, 9.17) is 16.3 Å². The van der Waals surface area contributed by atoms with Crippen LogP contribution in [0.5, 0.6) is 5.75 Å². The number of halogens is 1. The molecular formula is C19H15ClN4O. The van der Waals surface area contributed by atoms with Gasteiger partial charge in [-0.15, -0.1) is 0 Å². The van der Waals surface area contributed by atoms with E-state index >= 15 is 0 Å². The van der Waals surface area contributed by atoms with Gasteiger partial charge in [-0.3, -0.25) is 4.68 Å². The fourth-order valence-corrected chi connectivity index (χ4v) is 2.86. The molecule has 0 amide bonds. The van der Waals surface area contributed by atoms with Crippen molar-refractivity contribution in [3.05, 3.63) is 71.6 Å². The van der Waals surface area contributed by atoms with Crippen LogP contribution in [0.3, 0.4) is 0 Å². The molecule has 6 heteroatoms. The number of aromatic nitrogens is 4. The Morgan fingerprint density at radius 2 is 1.76 bits per heavy atom. The maximum Gasteiger partial charge on any atom is 0.159 e. The minimum absolute atomic E-state index is 0.605. The molecule has 2 aromatic heterocycles. The van der Waals surface area contributed by atoms with Gasteiger partial charge in [-0.2, -0.15) is 5.10 Å². The Kier molecular flexibility index (Phi) is 4.07. The summed E-state index contributed by atoms with van der Waals surface area (Å²) in [6, 6.07) is 13.4. The van der Waals surface area contributed by atoms with E-state index in [1.165, 1.54) is 0 Å². The largest absolute Gasteiger partial charge is 0.497 e. The zero-order valence-electron chi connectivity index (χ0n) is 13.6. The van der Waals surface area contributed by atoms with Crippen molar-refractivity contribution in [2.75, 3.05) is 7.11 Å². The van der Waals surface area contributed by atoms with Gasteiger partial charge in [0, 0.05) is 33.9 Å². The number of rotatable bonds is 4. The minimum Gasteiger partial charge on any atom is -0.497 e. The fourth-order valence-electron chi connectivity index (χ4n) is 2.68. The van der Waals surface area contributed by atoms with E-state index in [2.05, 4.69) is 15.1 Å². The molecular weight excluding hydrogens is 336 g/mol. The monoisotopic (exact) mass is 350 g/mol. The van der Waals surface area contributed by atoms with Gasteiger partial charge in [0.25, 0.3) is 0 Å². The highest BCUT2D eigenvalue weighted by atomic mass is 35.5. The molecule has 0 saturated heterocycles. The van der Waals surface area contributed by atoms with Crippen molar-refractivity contribution in [3.8, 4) is 17.1 Å². The molecule has 0 unspecified atom stereocenters. The average Bonchev–Trinajstić information content (AvgIpc) is 3.04. The highest BCUT2D eigenvalue weighted by Crippen LogP contribution is 2.21. The van der Waals surface area contributed by atoms with Crippen molar-refractivity contribution < 1.29 is 4.74 Å². The predicted octanol–water partition coefficient (Wildman–Crippen LogP) is 4.20. The molecule has 25 heavy (non-hydrogen) atoms. The zero-order valence-corrected chi connectivity index (χ0v) is 14.3. The molecule has 4 aromatic rings. The van der Waals surface area contributed by atoms with Crippen LogP contribution in [0.25, 0.3) is 22.3 Å². The Labute approximate surface area is 149 Å². The summed E-state index contributed by atoms with van der Waals surface area (Å²) < 4.78 is 7.08. The second kappa shape index (κ2) is 6.53. The van der Waals surface area contributed by atoms with Crippen molar-refractivity contribution in [1.82, 2.24) is 19.7 Å². The SMILES string of the molecule is COc1ccc(-c2ncc(Cn3ncc4cc(Cl)ccc43)cn2)cc1. The molecule has 124 valence electrons. The first-order chi connectivity index (χ1) is 12.2. The molecule has 0 aliphatic rings. The van der Waals surface area contributed by atoms with E-state index in [0.29, 0.717) is 17.4 Å². The second-order valence-electron chi connectivity index (χ2n) is 5.65. The molecule has 2 aromatic carbocycles. The standard InChI is InChI=1S/C19H15ClN4O/c1-25-17-5-2-14(3-6-17)19-21-9-13(10-22-19)12-24-18-7-4-16(20)8-15(18)11-23-24/h2-11H,12H2,1H3. The Hall–Kier alpha value is -2.92. The first-order valence-electron chi connectivity index (χ1n) is 7.79. The lowest BCUT2D eigenvalue weighted by Gasteiger charge is -2.06. The quantitative estimate of drug-likeness (QED) is 0.553. The van der Waals surface area contributed by atoms with Crippen LogP contribution in [0.2, 0.25) is 5.02 Å². The van der Waals surface area contributed by atoms with Crippen molar-refractivity contribution in [2.45, 2.75) is 6.54 Å². The van der Waals surface area contributed by atoms with E-state index in [9.17, 15) is 0 Å². The molecule has 2 heterocycles. The number of hydrogen-bond acceptors (Lipinski definition) is 4. The van der Waals surface area contributed by atoms with Crippen LogP contribution in [0.4, 0.5) is 0 Å². The zero-order chi connectivity index (χ0) is 17.2. The number of fused-ring (bicyclic) bond motifs is 1. The van der Waals surface area contributed by atoms with E-state index < -0.39 is 0 Å². The lowest BCUT2D eigenvalue weighted by molar-refractivity contribution is 0.415. The average molecular weight is 351 g/mol. The van der Waals surface area contributed by atoms with Gasteiger partial charge in [-0.1, -0.05) is 11.6 Å². The molecule has 0 spiro atoms. The van der Waals surface area contributed by atoms with E-state index in [1.807, 2.05) is 65.7 Å². The molecule has 4 rings (SSSR count). The Balaban J connectivity index is 1.57. The first kappa shape index (κ1) is 15.6. The highest BCUT2D eigenvalue weighted by Gasteiger charge is 2.06. The van der Waals surface area contributed by atoms with Gasteiger partial charge in [0.15, 0.2) is 5.82 Å². The molecule has 0 atom stereocenters. The third-order valence-electron chi connectivity index (χ3n) is 3.99. The van der Waals surface area contributed by atoms with Gasteiger partial charge in [-0.05, 0) is 42.5 Å². The van der Waals surface area contributed by atoms with Gasteiger partial charge in [0.2, 0.25) is 0 Å². The van der Waals surface area contributed by atoms with Gasteiger partial charge >= 0.3 is 0 Å². The summed E-state index contributed by atoms with van der Waals surface area (Å²) in [6.07, 6.45) is 5.47.